The van der Waals surface area contributed by atoms with Gasteiger partial charge in [-0.15, -0.1) is 0 Å². The maximum atomic E-state index is 13.9. The third-order valence-electron chi connectivity index (χ3n) is 7.39. The number of ether oxygens (including phenoxy) is 2. The number of imidazole rings is 1. The molecule has 44 heavy (non-hydrogen) atoms. The fourth-order valence-electron chi connectivity index (χ4n) is 5.50. The Balaban J connectivity index is 1.42. The lowest BCUT2D eigenvalue weighted by Gasteiger charge is -2.23. The van der Waals surface area contributed by atoms with Crippen molar-refractivity contribution in [2.45, 2.75) is 19.9 Å². The number of carbonyl (C=O) groups excluding carboxylic acids is 2. The molecule has 1 aliphatic rings. The van der Waals surface area contributed by atoms with Crippen LogP contribution >= 0.6 is 11.3 Å². The van der Waals surface area contributed by atoms with E-state index < -0.39 is 17.7 Å². The number of ketones is 1. The molecule has 218 valence electrons. The minimum atomic E-state index is -0.991. The Bertz CT molecular complexity index is 2100. The molecule has 1 aliphatic heterocycles. The van der Waals surface area contributed by atoms with E-state index in [1.54, 1.807) is 41.8 Å². The molecule has 4 heterocycles. The number of aryl methyl sites for hydroxylation is 1. The lowest BCUT2D eigenvalue weighted by Crippen LogP contribution is -2.29. The van der Waals surface area contributed by atoms with E-state index in [-0.39, 0.29) is 11.3 Å². The smallest absolute Gasteiger partial charge is 0.301 e. The molecule has 1 amide bonds. The van der Waals surface area contributed by atoms with Crippen molar-refractivity contribution in [2.75, 3.05) is 11.5 Å². The number of thiazole rings is 1. The van der Waals surface area contributed by atoms with Gasteiger partial charge in [0.1, 0.15) is 28.6 Å². The van der Waals surface area contributed by atoms with Crippen molar-refractivity contribution >= 4 is 49.8 Å². The van der Waals surface area contributed by atoms with Gasteiger partial charge in [0.2, 0.25) is 0 Å². The van der Waals surface area contributed by atoms with Crippen molar-refractivity contribution in [3.05, 3.63) is 120 Å². The molecule has 1 unspecified atom stereocenters. The molecular weight excluding hydrogens is 576 g/mol. The number of aromatic nitrogens is 3. The first-order valence-electron chi connectivity index (χ1n) is 14.0. The molecule has 0 saturated carbocycles. The van der Waals surface area contributed by atoms with Crippen LogP contribution in [0.2, 0.25) is 0 Å². The number of benzene rings is 3. The van der Waals surface area contributed by atoms with Gasteiger partial charge in [0.25, 0.3) is 5.78 Å². The van der Waals surface area contributed by atoms with Crippen LogP contribution in [0, 0.1) is 6.92 Å². The zero-order valence-electron chi connectivity index (χ0n) is 23.8. The van der Waals surface area contributed by atoms with E-state index in [9.17, 15) is 14.7 Å². The summed E-state index contributed by atoms with van der Waals surface area (Å²) in [6.45, 7) is 4.17. The molecule has 0 spiro atoms. The van der Waals surface area contributed by atoms with Crippen molar-refractivity contribution in [2.24, 2.45) is 0 Å². The summed E-state index contributed by atoms with van der Waals surface area (Å²) in [4.78, 5) is 38.4. The van der Waals surface area contributed by atoms with Gasteiger partial charge in [0, 0.05) is 6.20 Å². The number of nitrogens with zero attached hydrogens (tertiary/aromatic N) is 4. The van der Waals surface area contributed by atoms with Crippen LogP contribution in [0.1, 0.15) is 29.9 Å². The molecule has 6 aromatic rings. The molecule has 1 atom stereocenters. The number of fused-ring (bicyclic) bond motifs is 2. The second-order valence-corrected chi connectivity index (χ2v) is 11.2. The summed E-state index contributed by atoms with van der Waals surface area (Å²) in [6, 6.07) is 26.4. The largest absolute Gasteiger partial charge is 0.505 e. The molecule has 10 heteroatoms. The molecular formula is C34H26N4O5S. The number of anilines is 1. The van der Waals surface area contributed by atoms with Crippen molar-refractivity contribution in [3.8, 4) is 17.2 Å². The summed E-state index contributed by atoms with van der Waals surface area (Å²) in [7, 11) is 0. The van der Waals surface area contributed by atoms with Crippen LogP contribution in [0.5, 0.6) is 17.2 Å². The normalized spacial score (nSPS) is 16.2. The van der Waals surface area contributed by atoms with E-state index in [1.807, 2.05) is 73.7 Å². The minimum absolute atomic E-state index is 0.0603. The Hall–Kier alpha value is -5.48. The van der Waals surface area contributed by atoms with E-state index in [4.69, 9.17) is 14.5 Å². The van der Waals surface area contributed by atoms with E-state index in [2.05, 4.69) is 4.98 Å². The van der Waals surface area contributed by atoms with E-state index in [1.165, 1.54) is 16.2 Å². The molecule has 3 aromatic carbocycles. The summed E-state index contributed by atoms with van der Waals surface area (Å²) in [5.41, 5.74) is 2.63. The molecule has 7 rings (SSSR count). The van der Waals surface area contributed by atoms with Gasteiger partial charge in [-0.25, -0.2) is 9.97 Å². The van der Waals surface area contributed by atoms with Crippen molar-refractivity contribution in [1.29, 1.82) is 0 Å². The van der Waals surface area contributed by atoms with E-state index in [0.717, 1.165) is 4.70 Å². The molecule has 1 N–H and O–H groups in total. The SMILES string of the molecule is CCOc1ccc2nc(N3C(=O)C(=O)/C(=C(/O)c4c(C)nc5ccccn45)C3c3cccc(Oc4ccccc4)c3)sc2c1. The number of pyridine rings is 1. The molecule has 3 aromatic heterocycles. The van der Waals surface area contributed by atoms with E-state index >= 15 is 0 Å². The summed E-state index contributed by atoms with van der Waals surface area (Å²) >= 11 is 1.27. The Morgan fingerprint density at radius 3 is 2.52 bits per heavy atom. The Morgan fingerprint density at radius 2 is 1.70 bits per heavy atom. The van der Waals surface area contributed by atoms with Crippen LogP contribution in [0.4, 0.5) is 5.13 Å². The topological polar surface area (TPSA) is 106 Å². The Labute approximate surface area is 256 Å². The Morgan fingerprint density at radius 1 is 0.909 bits per heavy atom. The standard InChI is InChI=1S/C34H26N4O5S/c1-3-42-23-15-16-25-26(19-23)44-34(36-25)38-30(21-10-9-13-24(18-21)43-22-11-5-4-6-12-22)28(32(40)33(38)41)31(39)29-20(2)35-27-14-7-8-17-37(27)29/h4-19,30,39H,3H2,1-2H3/b31-28+. The number of aliphatic hydroxyl groups excluding tert-OH is 1. The average Bonchev–Trinajstić information content (AvgIpc) is 3.68. The van der Waals surface area contributed by atoms with Crippen LogP contribution in [-0.2, 0) is 9.59 Å². The van der Waals surface area contributed by atoms with Gasteiger partial charge in [-0.05, 0) is 74.0 Å². The summed E-state index contributed by atoms with van der Waals surface area (Å²) in [6.07, 6.45) is 1.76. The van der Waals surface area contributed by atoms with Crippen LogP contribution in [0.15, 0.2) is 103 Å². The zero-order chi connectivity index (χ0) is 30.4. The van der Waals surface area contributed by atoms with Crippen LogP contribution in [-0.4, -0.2) is 37.8 Å². The lowest BCUT2D eigenvalue weighted by atomic mass is 9.96. The maximum absolute atomic E-state index is 13.9. The first-order chi connectivity index (χ1) is 21.4. The third kappa shape index (κ3) is 4.65. The molecule has 1 saturated heterocycles. The van der Waals surface area contributed by atoms with Crippen LogP contribution < -0.4 is 14.4 Å². The number of carbonyl (C=O) groups is 2. The van der Waals surface area contributed by atoms with Gasteiger partial charge < -0.3 is 14.6 Å². The van der Waals surface area contributed by atoms with E-state index in [0.29, 0.717) is 57.1 Å². The number of Topliss-reactive ketones (excluding diaryl/α,β-unsaturated/α-hetero) is 1. The van der Waals surface area contributed by atoms with Crippen molar-refractivity contribution in [3.63, 3.8) is 0 Å². The van der Waals surface area contributed by atoms with Gasteiger partial charge in [-0.3, -0.25) is 18.9 Å². The lowest BCUT2D eigenvalue weighted by molar-refractivity contribution is -0.132. The van der Waals surface area contributed by atoms with Crippen molar-refractivity contribution in [1.82, 2.24) is 14.4 Å². The third-order valence-corrected chi connectivity index (χ3v) is 8.41. The molecule has 0 bridgehead atoms. The van der Waals surface area contributed by atoms with Gasteiger partial charge in [0.15, 0.2) is 10.9 Å². The van der Waals surface area contributed by atoms with Gasteiger partial charge in [-0.1, -0.05) is 47.7 Å². The first-order valence-corrected chi connectivity index (χ1v) is 14.9. The predicted molar refractivity (Wildman–Crippen MR) is 168 cm³/mol. The number of hydrogen-bond acceptors (Lipinski definition) is 8. The minimum Gasteiger partial charge on any atom is -0.505 e. The molecule has 0 aliphatic carbocycles. The molecule has 0 radical (unpaired) electrons. The number of hydrogen-bond donors (Lipinski definition) is 1. The second-order valence-electron chi connectivity index (χ2n) is 10.2. The van der Waals surface area contributed by atoms with Gasteiger partial charge in [-0.2, -0.15) is 0 Å². The number of aliphatic hydroxyl groups is 1. The average molecular weight is 603 g/mol. The predicted octanol–water partition coefficient (Wildman–Crippen LogP) is 7.07. The Kier molecular flexibility index (Phi) is 6.83. The monoisotopic (exact) mass is 602 g/mol. The highest BCUT2D eigenvalue weighted by Gasteiger charge is 2.48. The highest BCUT2D eigenvalue weighted by atomic mass is 32.1. The zero-order valence-corrected chi connectivity index (χ0v) is 24.6. The molecule has 9 nitrogen and oxygen atoms in total. The quantitative estimate of drug-likeness (QED) is 0.118. The summed E-state index contributed by atoms with van der Waals surface area (Å²) in [5, 5.41) is 12.2. The number of rotatable bonds is 7. The van der Waals surface area contributed by atoms with Gasteiger partial charge >= 0.3 is 5.91 Å². The van der Waals surface area contributed by atoms with Crippen molar-refractivity contribution < 1.29 is 24.2 Å². The number of para-hydroxylation sites is 1. The summed E-state index contributed by atoms with van der Waals surface area (Å²) in [5.74, 6) is -0.0982. The summed E-state index contributed by atoms with van der Waals surface area (Å²) < 4.78 is 14.3. The number of amides is 1. The highest BCUT2D eigenvalue weighted by molar-refractivity contribution is 7.22. The van der Waals surface area contributed by atoms with Crippen LogP contribution in [0.3, 0.4) is 0 Å². The second kappa shape index (κ2) is 11.0. The van der Waals surface area contributed by atoms with Crippen LogP contribution in [0.25, 0.3) is 21.6 Å². The molecule has 1 fully saturated rings. The maximum Gasteiger partial charge on any atom is 0.301 e. The fourth-order valence-corrected chi connectivity index (χ4v) is 6.52. The van der Waals surface area contributed by atoms with Gasteiger partial charge in [0.05, 0.1) is 34.1 Å². The first kappa shape index (κ1) is 27.4. The highest BCUT2D eigenvalue weighted by Crippen LogP contribution is 2.45. The fraction of sp³-hybridized carbons (Fsp3) is 0.118.